The van der Waals surface area contributed by atoms with E-state index in [-0.39, 0.29) is 5.56 Å². The van der Waals surface area contributed by atoms with Crippen LogP contribution in [0.3, 0.4) is 0 Å². The number of thiazole rings is 1. The van der Waals surface area contributed by atoms with Gasteiger partial charge in [0.05, 0.1) is 0 Å². The van der Waals surface area contributed by atoms with Gasteiger partial charge in [0.15, 0.2) is 4.96 Å². The molecule has 0 N–H and O–H groups in total. The van der Waals surface area contributed by atoms with Crippen molar-refractivity contribution in [2.24, 2.45) is 4.99 Å². The summed E-state index contributed by atoms with van der Waals surface area (Å²) < 4.78 is 3.22. The van der Waals surface area contributed by atoms with Crippen LogP contribution in [0, 0.1) is 0 Å². The van der Waals surface area contributed by atoms with E-state index in [1.807, 2.05) is 47.2 Å². The van der Waals surface area contributed by atoms with Crippen LogP contribution >= 0.6 is 11.3 Å². The lowest BCUT2D eigenvalue weighted by atomic mass is 10.2. The Morgan fingerprint density at radius 3 is 2.73 bits per heavy atom. The fourth-order valence-corrected chi connectivity index (χ4v) is 3.29. The molecule has 0 aliphatic heterocycles. The molecule has 6 nitrogen and oxygen atoms in total. The van der Waals surface area contributed by atoms with Crippen LogP contribution in [0.5, 0.6) is 0 Å². The molecule has 0 unspecified atom stereocenters. The van der Waals surface area contributed by atoms with Crippen LogP contribution in [0.2, 0.25) is 0 Å². The number of aromatic nitrogens is 3. The molecule has 0 saturated carbocycles. The van der Waals surface area contributed by atoms with Gasteiger partial charge in [0.1, 0.15) is 11.1 Å². The van der Waals surface area contributed by atoms with Gasteiger partial charge in [-0.05, 0) is 17.7 Å². The van der Waals surface area contributed by atoms with E-state index in [9.17, 15) is 9.59 Å². The van der Waals surface area contributed by atoms with Crippen LogP contribution in [-0.4, -0.2) is 19.9 Å². The number of carbonyl (C=O) groups excluding carboxylic acids is 1. The number of pyridine rings is 1. The third kappa shape index (κ3) is 3.12. The standard InChI is InChI=1S/C19H14N4O2S/c24-17(15-12-20-19-23(18(15)25)10-11-26-19)21-16-8-4-5-9-22(16)13-14-6-2-1-3-7-14/h1-12H,13H2. The van der Waals surface area contributed by atoms with Crippen LogP contribution in [0.4, 0.5) is 0 Å². The number of rotatable bonds is 3. The van der Waals surface area contributed by atoms with E-state index in [1.54, 1.807) is 23.7 Å². The fourth-order valence-electron chi connectivity index (χ4n) is 2.62. The number of fused-ring (bicyclic) bond motifs is 1. The highest BCUT2D eigenvalue weighted by Gasteiger charge is 2.13. The summed E-state index contributed by atoms with van der Waals surface area (Å²) >= 11 is 1.34. The first-order valence-electron chi connectivity index (χ1n) is 7.96. The minimum atomic E-state index is -0.601. The molecule has 0 saturated heterocycles. The van der Waals surface area contributed by atoms with Gasteiger partial charge in [-0.3, -0.25) is 14.0 Å². The van der Waals surface area contributed by atoms with E-state index in [0.717, 1.165) is 5.56 Å². The number of nitrogens with zero attached hydrogens (tertiary/aromatic N) is 4. The van der Waals surface area contributed by atoms with Gasteiger partial charge in [-0.25, -0.2) is 4.98 Å². The highest BCUT2D eigenvalue weighted by molar-refractivity contribution is 7.15. The molecule has 0 aliphatic carbocycles. The maximum Gasteiger partial charge on any atom is 0.286 e. The summed E-state index contributed by atoms with van der Waals surface area (Å²) in [4.78, 5) is 33.9. The Bertz CT molecular complexity index is 1210. The quantitative estimate of drug-likeness (QED) is 0.562. The molecule has 0 aliphatic rings. The predicted molar refractivity (Wildman–Crippen MR) is 99.2 cm³/mol. The topological polar surface area (TPSA) is 68.7 Å². The Morgan fingerprint density at radius 2 is 1.88 bits per heavy atom. The van der Waals surface area contributed by atoms with Gasteiger partial charge < -0.3 is 4.57 Å². The molecule has 0 radical (unpaired) electrons. The number of hydrogen-bond donors (Lipinski definition) is 0. The SMILES string of the molecule is O=C(N=c1ccccn1Cc1ccccc1)c1cnc2sccn2c1=O. The number of amides is 1. The van der Waals surface area contributed by atoms with Crippen molar-refractivity contribution in [1.82, 2.24) is 14.0 Å². The minimum absolute atomic E-state index is 0.0454. The van der Waals surface area contributed by atoms with Crippen LogP contribution < -0.4 is 11.0 Å². The normalized spacial score (nSPS) is 11.8. The largest absolute Gasteiger partial charge is 0.328 e. The summed E-state index contributed by atoms with van der Waals surface area (Å²) in [5.74, 6) is -0.601. The van der Waals surface area contributed by atoms with Crippen molar-refractivity contribution in [1.29, 1.82) is 0 Å². The first-order chi connectivity index (χ1) is 12.7. The summed E-state index contributed by atoms with van der Waals surface area (Å²) in [7, 11) is 0. The third-order valence-electron chi connectivity index (χ3n) is 3.90. The molecule has 128 valence electrons. The van der Waals surface area contributed by atoms with Crippen molar-refractivity contribution in [3.63, 3.8) is 0 Å². The second kappa shape index (κ2) is 6.89. The van der Waals surface area contributed by atoms with Crippen molar-refractivity contribution in [3.05, 3.63) is 99.5 Å². The Labute approximate surface area is 152 Å². The zero-order chi connectivity index (χ0) is 17.9. The van der Waals surface area contributed by atoms with Crippen molar-refractivity contribution in [3.8, 4) is 0 Å². The Kier molecular flexibility index (Phi) is 4.28. The van der Waals surface area contributed by atoms with Gasteiger partial charge in [-0.1, -0.05) is 36.4 Å². The summed E-state index contributed by atoms with van der Waals surface area (Å²) in [5.41, 5.74) is 1.12. The lowest BCUT2D eigenvalue weighted by molar-refractivity contribution is 0.0995. The van der Waals surface area contributed by atoms with Crippen LogP contribution in [0.25, 0.3) is 4.96 Å². The smallest absolute Gasteiger partial charge is 0.286 e. The monoisotopic (exact) mass is 362 g/mol. The van der Waals surface area contributed by atoms with Crippen molar-refractivity contribution < 1.29 is 4.79 Å². The highest BCUT2D eigenvalue weighted by Crippen LogP contribution is 2.06. The summed E-state index contributed by atoms with van der Waals surface area (Å²) in [5, 5.41) is 1.75. The van der Waals surface area contributed by atoms with E-state index >= 15 is 0 Å². The third-order valence-corrected chi connectivity index (χ3v) is 4.67. The molecule has 0 bridgehead atoms. The highest BCUT2D eigenvalue weighted by atomic mass is 32.1. The predicted octanol–water partition coefficient (Wildman–Crippen LogP) is 2.35. The first-order valence-corrected chi connectivity index (χ1v) is 8.84. The molecule has 1 amide bonds. The average molecular weight is 362 g/mol. The Hall–Kier alpha value is -3.32. The molecule has 4 aromatic rings. The number of hydrogen-bond acceptors (Lipinski definition) is 4. The van der Waals surface area contributed by atoms with Gasteiger partial charge in [-0.15, -0.1) is 11.3 Å². The zero-order valence-corrected chi connectivity index (χ0v) is 14.5. The second-order valence-corrected chi connectivity index (χ2v) is 6.49. The summed E-state index contributed by atoms with van der Waals surface area (Å²) in [6, 6.07) is 15.3. The zero-order valence-electron chi connectivity index (χ0n) is 13.6. The molecule has 7 heteroatoms. The van der Waals surface area contributed by atoms with E-state index in [0.29, 0.717) is 17.0 Å². The second-order valence-electron chi connectivity index (χ2n) is 5.62. The van der Waals surface area contributed by atoms with E-state index in [2.05, 4.69) is 9.98 Å². The molecular formula is C19H14N4O2S. The van der Waals surface area contributed by atoms with E-state index < -0.39 is 11.5 Å². The molecule has 3 aromatic heterocycles. The average Bonchev–Trinajstić information content (AvgIpc) is 3.14. The van der Waals surface area contributed by atoms with Gasteiger partial charge in [0.25, 0.3) is 11.5 Å². The molecule has 3 heterocycles. The molecule has 0 spiro atoms. The maximum atomic E-state index is 12.6. The molecule has 26 heavy (non-hydrogen) atoms. The lowest BCUT2D eigenvalue weighted by Gasteiger charge is -2.07. The maximum absolute atomic E-state index is 12.6. The Morgan fingerprint density at radius 1 is 1.08 bits per heavy atom. The fraction of sp³-hybridized carbons (Fsp3) is 0.0526. The molecule has 1 aromatic carbocycles. The lowest BCUT2D eigenvalue weighted by Crippen LogP contribution is -2.25. The minimum Gasteiger partial charge on any atom is -0.328 e. The summed E-state index contributed by atoms with van der Waals surface area (Å²) in [6.45, 7) is 0.578. The van der Waals surface area contributed by atoms with Crippen LogP contribution in [0.15, 0.2) is 82.3 Å². The van der Waals surface area contributed by atoms with Gasteiger partial charge in [-0.2, -0.15) is 4.99 Å². The van der Waals surface area contributed by atoms with Crippen molar-refractivity contribution in [2.75, 3.05) is 0 Å². The first kappa shape index (κ1) is 16.2. The van der Waals surface area contributed by atoms with Gasteiger partial charge in [0, 0.05) is 30.5 Å². The summed E-state index contributed by atoms with van der Waals surface area (Å²) in [6.07, 6.45) is 4.75. The molecule has 4 rings (SSSR count). The van der Waals surface area contributed by atoms with Gasteiger partial charge in [0.2, 0.25) is 0 Å². The van der Waals surface area contributed by atoms with Crippen LogP contribution in [-0.2, 0) is 6.54 Å². The molecule has 0 fully saturated rings. The molecule has 0 atom stereocenters. The van der Waals surface area contributed by atoms with E-state index in [1.165, 1.54) is 21.9 Å². The number of benzene rings is 1. The molecular weight excluding hydrogens is 348 g/mol. The van der Waals surface area contributed by atoms with Crippen molar-refractivity contribution in [2.45, 2.75) is 6.54 Å². The van der Waals surface area contributed by atoms with Crippen molar-refractivity contribution >= 4 is 22.2 Å². The van der Waals surface area contributed by atoms with E-state index in [4.69, 9.17) is 0 Å². The number of carbonyl (C=O) groups is 1. The van der Waals surface area contributed by atoms with Crippen LogP contribution in [0.1, 0.15) is 15.9 Å². The Balaban J connectivity index is 1.75. The van der Waals surface area contributed by atoms with Gasteiger partial charge >= 0.3 is 0 Å².